The second-order valence-corrected chi connectivity index (χ2v) is 3.73. The van der Waals surface area contributed by atoms with E-state index in [1.54, 1.807) is 12.1 Å². The molecule has 4 heteroatoms. The first kappa shape index (κ1) is 10.4. The van der Waals surface area contributed by atoms with Crippen molar-refractivity contribution >= 4 is 5.69 Å². The van der Waals surface area contributed by atoms with Crippen molar-refractivity contribution in [2.24, 2.45) is 0 Å². The van der Waals surface area contributed by atoms with Gasteiger partial charge in [0.2, 0.25) is 0 Å². The predicted molar refractivity (Wildman–Crippen MR) is 56.4 cm³/mol. The monoisotopic (exact) mass is 212 g/mol. The molecule has 0 aliphatic carbocycles. The number of rotatable bonds is 2. The van der Waals surface area contributed by atoms with Crippen molar-refractivity contribution in [1.82, 2.24) is 5.32 Å². The first-order chi connectivity index (χ1) is 7.29. The van der Waals surface area contributed by atoms with Crippen molar-refractivity contribution in [3.8, 4) is 0 Å². The Morgan fingerprint density at radius 3 is 2.73 bits per heavy atom. The minimum atomic E-state index is -0.363. The number of piperazine rings is 1. The minimum absolute atomic E-state index is 0.108. The summed E-state index contributed by atoms with van der Waals surface area (Å²) >= 11 is 0. The van der Waals surface area contributed by atoms with Gasteiger partial charge in [-0.2, -0.15) is 0 Å². The lowest BCUT2D eigenvalue weighted by Crippen LogP contribution is -2.51. The second-order valence-electron chi connectivity index (χ2n) is 3.73. The van der Waals surface area contributed by atoms with Gasteiger partial charge in [0.1, 0.15) is 12.5 Å². The second kappa shape index (κ2) is 4.57. The van der Waals surface area contributed by atoms with Gasteiger partial charge in [-0.3, -0.25) is 0 Å². The van der Waals surface area contributed by atoms with Gasteiger partial charge in [-0.15, -0.1) is 0 Å². The summed E-state index contributed by atoms with van der Waals surface area (Å²) in [7, 11) is 0. The number of nitrogens with zero attached hydrogens (tertiary/aromatic N) is 1. The molecule has 1 aliphatic rings. The first-order valence-electron chi connectivity index (χ1n) is 5.09. The van der Waals surface area contributed by atoms with Crippen LogP contribution >= 0.6 is 0 Å². The summed E-state index contributed by atoms with van der Waals surface area (Å²) in [6.45, 7) is 1.88. The van der Waals surface area contributed by atoms with E-state index in [9.17, 15) is 8.78 Å². The Hall–Kier alpha value is -1.16. The van der Waals surface area contributed by atoms with Crippen LogP contribution in [-0.4, -0.2) is 32.4 Å². The van der Waals surface area contributed by atoms with Crippen LogP contribution in [-0.2, 0) is 0 Å². The van der Waals surface area contributed by atoms with E-state index in [1.807, 2.05) is 0 Å². The van der Waals surface area contributed by atoms with Gasteiger partial charge in [-0.1, -0.05) is 0 Å². The average Bonchev–Trinajstić information content (AvgIpc) is 2.30. The van der Waals surface area contributed by atoms with Gasteiger partial charge in [-0.25, -0.2) is 8.78 Å². The fourth-order valence-corrected chi connectivity index (χ4v) is 1.82. The largest absolute Gasteiger partial charge is 0.369 e. The smallest absolute Gasteiger partial charge is 0.123 e. The Bertz CT molecular complexity index is 313. The molecule has 1 saturated heterocycles. The zero-order valence-electron chi connectivity index (χ0n) is 8.42. The molecule has 0 saturated carbocycles. The number of benzene rings is 1. The molecule has 15 heavy (non-hydrogen) atoms. The summed E-state index contributed by atoms with van der Waals surface area (Å²) < 4.78 is 25.2. The molecule has 2 nitrogen and oxygen atoms in total. The molecule has 82 valence electrons. The molecule has 0 bridgehead atoms. The van der Waals surface area contributed by atoms with E-state index in [0.29, 0.717) is 6.54 Å². The highest BCUT2D eigenvalue weighted by atomic mass is 19.1. The van der Waals surface area contributed by atoms with Gasteiger partial charge in [0.05, 0.1) is 6.04 Å². The molecule has 0 radical (unpaired) electrons. The summed E-state index contributed by atoms with van der Waals surface area (Å²) in [6, 6.07) is 6.22. The molecule has 1 heterocycles. The van der Waals surface area contributed by atoms with Gasteiger partial charge in [-0.05, 0) is 24.3 Å². The molecule has 1 aromatic carbocycles. The normalized spacial score (nSPS) is 21.7. The van der Waals surface area contributed by atoms with Crippen LogP contribution in [0.15, 0.2) is 24.3 Å². The van der Waals surface area contributed by atoms with Crippen LogP contribution in [0.5, 0.6) is 0 Å². The van der Waals surface area contributed by atoms with Crippen LogP contribution < -0.4 is 10.2 Å². The molecule has 1 atom stereocenters. The van der Waals surface area contributed by atoms with Crippen molar-refractivity contribution < 1.29 is 8.78 Å². The number of halogens is 2. The highest BCUT2D eigenvalue weighted by Gasteiger charge is 2.18. The first-order valence-corrected chi connectivity index (χ1v) is 5.09. The summed E-state index contributed by atoms with van der Waals surface area (Å²) in [5.41, 5.74) is 0.955. The van der Waals surface area contributed by atoms with Crippen molar-refractivity contribution in [2.45, 2.75) is 6.04 Å². The van der Waals surface area contributed by atoms with Crippen LogP contribution in [0.3, 0.4) is 0 Å². The van der Waals surface area contributed by atoms with Crippen molar-refractivity contribution in [3.05, 3.63) is 30.1 Å². The summed E-state index contributed by atoms with van der Waals surface area (Å²) in [5.74, 6) is -0.240. The summed E-state index contributed by atoms with van der Waals surface area (Å²) in [4.78, 5) is 2.07. The van der Waals surface area contributed by atoms with Crippen LogP contribution in [0.4, 0.5) is 14.5 Å². The Morgan fingerprint density at radius 1 is 1.33 bits per heavy atom. The SMILES string of the molecule is FC[C@@H]1CN(c2ccc(F)cc2)CCN1. The number of nitrogens with one attached hydrogen (secondary N) is 1. The van der Waals surface area contributed by atoms with E-state index >= 15 is 0 Å². The topological polar surface area (TPSA) is 15.3 Å². The van der Waals surface area contributed by atoms with Gasteiger partial charge >= 0.3 is 0 Å². The van der Waals surface area contributed by atoms with Crippen LogP contribution in [0.2, 0.25) is 0 Å². The third-order valence-electron chi connectivity index (χ3n) is 2.63. The maximum atomic E-state index is 12.7. The van der Waals surface area contributed by atoms with Gasteiger partial charge in [0, 0.05) is 25.3 Å². The average molecular weight is 212 g/mol. The molecule has 1 aromatic rings. The molecule has 1 N–H and O–H groups in total. The zero-order chi connectivity index (χ0) is 10.7. The Kier molecular flexibility index (Phi) is 3.16. The number of hydrogen-bond donors (Lipinski definition) is 1. The van der Waals surface area contributed by atoms with Crippen molar-refractivity contribution in [3.63, 3.8) is 0 Å². The van der Waals surface area contributed by atoms with Crippen molar-refractivity contribution in [1.29, 1.82) is 0 Å². The molecule has 1 fully saturated rings. The quantitative estimate of drug-likeness (QED) is 0.800. The fraction of sp³-hybridized carbons (Fsp3) is 0.455. The number of alkyl halides is 1. The van der Waals surface area contributed by atoms with Crippen LogP contribution in [0.25, 0.3) is 0 Å². The van der Waals surface area contributed by atoms with E-state index in [2.05, 4.69) is 10.2 Å². The molecular weight excluding hydrogens is 198 g/mol. The molecule has 0 spiro atoms. The minimum Gasteiger partial charge on any atom is -0.369 e. The third-order valence-corrected chi connectivity index (χ3v) is 2.63. The maximum absolute atomic E-state index is 12.7. The number of hydrogen-bond acceptors (Lipinski definition) is 2. The molecule has 0 unspecified atom stereocenters. The lowest BCUT2D eigenvalue weighted by molar-refractivity contribution is 0.353. The van der Waals surface area contributed by atoms with Crippen LogP contribution in [0, 0.1) is 5.82 Å². The molecular formula is C11H14F2N2. The van der Waals surface area contributed by atoms with E-state index in [4.69, 9.17) is 0 Å². The van der Waals surface area contributed by atoms with E-state index in [1.165, 1.54) is 12.1 Å². The lowest BCUT2D eigenvalue weighted by atomic mass is 10.2. The molecule has 2 rings (SSSR count). The van der Waals surface area contributed by atoms with Gasteiger partial charge in [0.25, 0.3) is 0 Å². The highest BCUT2D eigenvalue weighted by molar-refractivity contribution is 5.46. The number of anilines is 1. The van der Waals surface area contributed by atoms with Crippen molar-refractivity contribution in [2.75, 3.05) is 31.2 Å². The molecule has 0 aromatic heterocycles. The third kappa shape index (κ3) is 2.45. The molecule has 1 aliphatic heterocycles. The molecule has 0 amide bonds. The Labute approximate surface area is 87.9 Å². The van der Waals surface area contributed by atoms with E-state index in [-0.39, 0.29) is 18.5 Å². The standard InChI is InChI=1S/C11H14F2N2/c12-7-10-8-15(6-5-14-10)11-3-1-9(13)2-4-11/h1-4,10,14H,5-8H2/t10-/m1/s1. The van der Waals surface area contributed by atoms with E-state index in [0.717, 1.165) is 18.8 Å². The van der Waals surface area contributed by atoms with E-state index < -0.39 is 0 Å². The van der Waals surface area contributed by atoms with Gasteiger partial charge < -0.3 is 10.2 Å². The predicted octanol–water partition coefficient (Wildman–Crippen LogP) is 1.57. The van der Waals surface area contributed by atoms with Crippen LogP contribution in [0.1, 0.15) is 0 Å². The summed E-state index contributed by atoms with van der Waals surface area (Å²) in [5, 5.41) is 3.09. The fourth-order valence-electron chi connectivity index (χ4n) is 1.82. The zero-order valence-corrected chi connectivity index (χ0v) is 8.42. The van der Waals surface area contributed by atoms with Gasteiger partial charge in [0.15, 0.2) is 0 Å². The Balaban J connectivity index is 2.06. The Morgan fingerprint density at radius 2 is 2.07 bits per heavy atom. The maximum Gasteiger partial charge on any atom is 0.123 e. The highest BCUT2D eigenvalue weighted by Crippen LogP contribution is 2.16. The lowest BCUT2D eigenvalue weighted by Gasteiger charge is -2.34. The summed E-state index contributed by atoms with van der Waals surface area (Å²) in [6.07, 6.45) is 0.